The summed E-state index contributed by atoms with van der Waals surface area (Å²) in [6.45, 7) is 0.943. The number of aliphatic hydroxyl groups is 1. The van der Waals surface area contributed by atoms with Gasteiger partial charge in [0.2, 0.25) is 0 Å². The molecule has 2 atom stereocenters. The molecule has 0 unspecified atom stereocenters. The van der Waals surface area contributed by atoms with Crippen LogP contribution in [0.5, 0.6) is 0 Å². The molecule has 0 radical (unpaired) electrons. The van der Waals surface area contributed by atoms with Gasteiger partial charge in [-0.15, -0.1) is 0 Å². The van der Waals surface area contributed by atoms with Gasteiger partial charge in [0.15, 0.2) is 5.96 Å². The van der Waals surface area contributed by atoms with Gasteiger partial charge in [-0.3, -0.25) is 10.1 Å². The maximum absolute atomic E-state index is 9.73. The Morgan fingerprint density at radius 2 is 2.36 bits per heavy atom. The third kappa shape index (κ3) is 1.44. The molecule has 1 fully saturated rings. The molecule has 0 bridgehead atoms. The molecule has 0 aliphatic carbocycles. The smallest absolute Gasteiger partial charge is 0.188 e. The Balaban J connectivity index is 2.12. The fourth-order valence-electron chi connectivity index (χ4n) is 1.70. The average molecular weight is 195 g/mol. The van der Waals surface area contributed by atoms with Crippen LogP contribution in [-0.4, -0.2) is 44.9 Å². The van der Waals surface area contributed by atoms with Crippen molar-refractivity contribution < 1.29 is 5.11 Å². The molecule has 0 amide bonds. The highest BCUT2D eigenvalue weighted by molar-refractivity contribution is 5.75. The van der Waals surface area contributed by atoms with E-state index in [9.17, 15) is 5.11 Å². The van der Waals surface area contributed by atoms with E-state index < -0.39 is 6.10 Å². The van der Waals surface area contributed by atoms with Crippen molar-refractivity contribution in [3.63, 3.8) is 0 Å². The summed E-state index contributed by atoms with van der Waals surface area (Å²) in [5.41, 5.74) is 5.34. The Morgan fingerprint density at radius 1 is 1.57 bits per heavy atom. The van der Waals surface area contributed by atoms with Crippen LogP contribution in [0.15, 0.2) is 18.5 Å². The van der Waals surface area contributed by atoms with E-state index in [0.29, 0.717) is 13.1 Å². The Bertz CT molecular complexity index is 322. The van der Waals surface area contributed by atoms with Gasteiger partial charge in [-0.05, 0) is 6.07 Å². The lowest BCUT2D eigenvalue weighted by molar-refractivity contribution is 0.142. The minimum absolute atomic E-state index is 0.00120. The van der Waals surface area contributed by atoms with E-state index in [4.69, 9.17) is 11.1 Å². The molecular formula is C8H13N5O. The number of nitrogens with zero attached hydrogens (tertiary/aromatic N) is 3. The first kappa shape index (κ1) is 9.01. The standard InChI is InChI=1S/C8H13N5O/c9-8(10)12-4-6(7(14)5-12)13-3-1-2-11-13/h1-3,6-7,14H,4-5H2,(H3,9,10)/t6-,7-/m0/s1. The van der Waals surface area contributed by atoms with Crippen LogP contribution in [0.25, 0.3) is 0 Å². The Kier molecular flexibility index (Phi) is 2.12. The summed E-state index contributed by atoms with van der Waals surface area (Å²) in [5.74, 6) is -0.00120. The summed E-state index contributed by atoms with van der Waals surface area (Å²) in [6, 6.07) is 1.71. The first-order chi connectivity index (χ1) is 6.68. The molecule has 6 nitrogen and oxygen atoms in total. The summed E-state index contributed by atoms with van der Waals surface area (Å²) < 4.78 is 1.70. The fraction of sp³-hybridized carbons (Fsp3) is 0.500. The van der Waals surface area contributed by atoms with Crippen molar-refractivity contribution in [2.45, 2.75) is 12.1 Å². The van der Waals surface area contributed by atoms with Crippen molar-refractivity contribution in [1.82, 2.24) is 14.7 Å². The summed E-state index contributed by atoms with van der Waals surface area (Å²) in [4.78, 5) is 1.64. The molecule has 6 heteroatoms. The zero-order valence-corrected chi connectivity index (χ0v) is 7.67. The first-order valence-corrected chi connectivity index (χ1v) is 4.44. The number of nitrogens with two attached hydrogens (primary N) is 1. The van der Waals surface area contributed by atoms with Gasteiger partial charge < -0.3 is 15.7 Å². The SMILES string of the molecule is N=C(N)N1C[C@H](O)[C@@H](n2cccn2)C1. The Hall–Kier alpha value is -1.56. The Morgan fingerprint density at radius 3 is 2.86 bits per heavy atom. The molecular weight excluding hydrogens is 182 g/mol. The van der Waals surface area contributed by atoms with E-state index in [1.165, 1.54) is 0 Å². The Labute approximate surface area is 81.4 Å². The molecule has 0 aromatic carbocycles. The van der Waals surface area contributed by atoms with Crippen LogP contribution in [0.4, 0.5) is 0 Å². The fourth-order valence-corrected chi connectivity index (χ4v) is 1.70. The number of aromatic nitrogens is 2. The third-order valence-electron chi connectivity index (χ3n) is 2.46. The largest absolute Gasteiger partial charge is 0.389 e. The topological polar surface area (TPSA) is 91.2 Å². The molecule has 2 rings (SSSR count). The maximum atomic E-state index is 9.73. The van der Waals surface area contributed by atoms with Crippen molar-refractivity contribution in [2.75, 3.05) is 13.1 Å². The van der Waals surface area contributed by atoms with Crippen LogP contribution >= 0.6 is 0 Å². The number of β-amino-alcohol motifs (C(OH)–C–C–N with tert-alkyl or cyclic N) is 1. The number of likely N-dealkylation sites (tertiary alicyclic amines) is 1. The number of hydrogen-bond acceptors (Lipinski definition) is 3. The highest BCUT2D eigenvalue weighted by Crippen LogP contribution is 2.20. The van der Waals surface area contributed by atoms with E-state index in [1.54, 1.807) is 22.0 Å². The van der Waals surface area contributed by atoms with E-state index >= 15 is 0 Å². The molecule has 2 heterocycles. The molecule has 1 aromatic rings. The quantitative estimate of drug-likeness (QED) is 0.395. The third-order valence-corrected chi connectivity index (χ3v) is 2.46. The molecule has 1 aromatic heterocycles. The number of nitrogens with one attached hydrogen (secondary N) is 1. The second kappa shape index (κ2) is 3.30. The average Bonchev–Trinajstić information content (AvgIpc) is 2.71. The van der Waals surface area contributed by atoms with Crippen molar-refractivity contribution >= 4 is 5.96 Å². The normalized spacial score (nSPS) is 26.8. The van der Waals surface area contributed by atoms with Crippen molar-refractivity contribution in [1.29, 1.82) is 5.41 Å². The van der Waals surface area contributed by atoms with E-state index in [1.807, 2.05) is 6.07 Å². The summed E-state index contributed by atoms with van der Waals surface area (Å²) in [6.07, 6.45) is 2.96. The van der Waals surface area contributed by atoms with Crippen LogP contribution in [0.2, 0.25) is 0 Å². The molecule has 4 N–H and O–H groups in total. The van der Waals surface area contributed by atoms with Crippen molar-refractivity contribution in [2.24, 2.45) is 5.73 Å². The molecule has 14 heavy (non-hydrogen) atoms. The van der Waals surface area contributed by atoms with E-state index in [0.717, 1.165) is 0 Å². The van der Waals surface area contributed by atoms with Gasteiger partial charge >= 0.3 is 0 Å². The van der Waals surface area contributed by atoms with Gasteiger partial charge in [0.05, 0.1) is 12.1 Å². The first-order valence-electron chi connectivity index (χ1n) is 4.44. The second-order valence-corrected chi connectivity index (χ2v) is 3.41. The predicted octanol–water partition coefficient (Wildman–Crippen LogP) is -1.01. The summed E-state index contributed by atoms with van der Waals surface area (Å²) in [7, 11) is 0. The lowest BCUT2D eigenvalue weighted by atomic mass is 10.2. The van der Waals surface area contributed by atoms with Crippen LogP contribution in [0.1, 0.15) is 6.04 Å². The molecule has 1 aliphatic heterocycles. The summed E-state index contributed by atoms with van der Waals surface area (Å²) >= 11 is 0. The predicted molar refractivity (Wildman–Crippen MR) is 50.8 cm³/mol. The van der Waals surface area contributed by atoms with E-state index in [2.05, 4.69) is 5.10 Å². The lowest BCUT2D eigenvalue weighted by Crippen LogP contribution is -2.35. The minimum atomic E-state index is -0.515. The van der Waals surface area contributed by atoms with Crippen LogP contribution in [0.3, 0.4) is 0 Å². The van der Waals surface area contributed by atoms with Gasteiger partial charge in [-0.25, -0.2) is 0 Å². The van der Waals surface area contributed by atoms with Crippen LogP contribution in [-0.2, 0) is 0 Å². The van der Waals surface area contributed by atoms with E-state index in [-0.39, 0.29) is 12.0 Å². The van der Waals surface area contributed by atoms with Gasteiger partial charge in [0.25, 0.3) is 0 Å². The zero-order valence-electron chi connectivity index (χ0n) is 7.67. The highest BCUT2D eigenvalue weighted by Gasteiger charge is 2.33. The van der Waals surface area contributed by atoms with Gasteiger partial charge in [0.1, 0.15) is 0 Å². The second-order valence-electron chi connectivity index (χ2n) is 3.41. The molecule has 0 saturated carbocycles. The maximum Gasteiger partial charge on any atom is 0.188 e. The highest BCUT2D eigenvalue weighted by atomic mass is 16.3. The van der Waals surface area contributed by atoms with Gasteiger partial charge in [-0.2, -0.15) is 5.10 Å². The molecule has 1 aliphatic rings. The molecule has 1 saturated heterocycles. The molecule has 0 spiro atoms. The lowest BCUT2D eigenvalue weighted by Gasteiger charge is -2.15. The summed E-state index contributed by atoms with van der Waals surface area (Å²) in [5, 5.41) is 21.0. The number of aliphatic hydroxyl groups excluding tert-OH is 1. The van der Waals surface area contributed by atoms with Gasteiger partial charge in [-0.1, -0.05) is 0 Å². The van der Waals surface area contributed by atoms with Crippen LogP contribution < -0.4 is 5.73 Å². The monoisotopic (exact) mass is 195 g/mol. The van der Waals surface area contributed by atoms with Crippen molar-refractivity contribution in [3.8, 4) is 0 Å². The van der Waals surface area contributed by atoms with Crippen molar-refractivity contribution in [3.05, 3.63) is 18.5 Å². The van der Waals surface area contributed by atoms with Crippen LogP contribution in [0, 0.1) is 5.41 Å². The number of rotatable bonds is 1. The van der Waals surface area contributed by atoms with Gasteiger partial charge in [0, 0.05) is 25.5 Å². The minimum Gasteiger partial charge on any atom is -0.389 e. The zero-order chi connectivity index (χ0) is 10.1. The molecule has 76 valence electrons. The number of hydrogen-bond donors (Lipinski definition) is 3. The number of guanidine groups is 1.